The number of ether oxygens (including phenoxy) is 1. The second-order valence-corrected chi connectivity index (χ2v) is 7.93. The summed E-state index contributed by atoms with van der Waals surface area (Å²) in [5.41, 5.74) is 6.06. The van der Waals surface area contributed by atoms with E-state index in [4.69, 9.17) is 9.84 Å². The number of benzene rings is 2. The molecule has 31 heavy (non-hydrogen) atoms. The zero-order chi connectivity index (χ0) is 21.5. The minimum atomic E-state index is -0.0200. The van der Waals surface area contributed by atoms with Crippen molar-refractivity contribution in [2.75, 3.05) is 7.11 Å². The number of carbonyl (C=O) groups excluding carboxylic acids is 1. The van der Waals surface area contributed by atoms with Crippen LogP contribution in [-0.4, -0.2) is 32.3 Å². The quantitative estimate of drug-likeness (QED) is 0.498. The minimum Gasteiger partial charge on any atom is -0.497 e. The largest absolute Gasteiger partial charge is 0.497 e. The van der Waals surface area contributed by atoms with Gasteiger partial charge in [0.2, 0.25) is 0 Å². The standard InChI is InChI=1S/C25H24N4O2/c1-17-9-10-23(18(2)13-17)29-24(27-11-4-5-12-27)21-15-28(16-22(21)26-29)25(30)19-7-6-8-20(14-19)31-3/h4-14H,15-16H2,1-3H3. The van der Waals surface area contributed by atoms with Crippen LogP contribution in [0.4, 0.5) is 0 Å². The molecule has 0 atom stereocenters. The zero-order valence-electron chi connectivity index (χ0n) is 17.9. The summed E-state index contributed by atoms with van der Waals surface area (Å²) in [6, 6.07) is 17.7. The highest BCUT2D eigenvalue weighted by Crippen LogP contribution is 2.32. The highest BCUT2D eigenvalue weighted by atomic mass is 16.5. The van der Waals surface area contributed by atoms with Crippen molar-refractivity contribution in [3.63, 3.8) is 0 Å². The molecule has 1 aliphatic heterocycles. The molecule has 0 saturated carbocycles. The number of aromatic nitrogens is 3. The lowest BCUT2D eigenvalue weighted by Gasteiger charge is -2.18. The first-order valence-corrected chi connectivity index (χ1v) is 10.3. The molecular weight excluding hydrogens is 388 g/mol. The maximum absolute atomic E-state index is 13.2. The molecule has 2 aromatic heterocycles. The van der Waals surface area contributed by atoms with Gasteiger partial charge < -0.3 is 14.2 Å². The third-order valence-corrected chi connectivity index (χ3v) is 5.76. The van der Waals surface area contributed by atoms with Crippen LogP contribution in [0.1, 0.15) is 32.7 Å². The number of hydrogen-bond acceptors (Lipinski definition) is 3. The highest BCUT2D eigenvalue weighted by Gasteiger charge is 2.32. The number of aryl methyl sites for hydroxylation is 2. The average molecular weight is 412 g/mol. The van der Waals surface area contributed by atoms with Crippen molar-refractivity contribution in [3.8, 4) is 17.3 Å². The molecule has 6 nitrogen and oxygen atoms in total. The number of amides is 1. The molecule has 156 valence electrons. The molecule has 0 fully saturated rings. The third-order valence-electron chi connectivity index (χ3n) is 5.76. The summed E-state index contributed by atoms with van der Waals surface area (Å²) >= 11 is 0. The van der Waals surface area contributed by atoms with Crippen LogP contribution in [0.3, 0.4) is 0 Å². The van der Waals surface area contributed by atoms with Crippen molar-refractivity contribution in [1.29, 1.82) is 0 Å². The summed E-state index contributed by atoms with van der Waals surface area (Å²) in [6.45, 7) is 5.20. The molecule has 2 aromatic carbocycles. The predicted molar refractivity (Wildman–Crippen MR) is 119 cm³/mol. The minimum absolute atomic E-state index is 0.0200. The lowest BCUT2D eigenvalue weighted by Crippen LogP contribution is -2.26. The van der Waals surface area contributed by atoms with E-state index in [-0.39, 0.29) is 5.91 Å². The molecule has 0 saturated heterocycles. The second-order valence-electron chi connectivity index (χ2n) is 7.93. The van der Waals surface area contributed by atoms with Crippen LogP contribution >= 0.6 is 0 Å². The molecule has 6 heteroatoms. The lowest BCUT2D eigenvalue weighted by atomic mass is 10.1. The van der Waals surface area contributed by atoms with Gasteiger partial charge in [-0.25, -0.2) is 4.68 Å². The Bertz CT molecular complexity index is 1270. The van der Waals surface area contributed by atoms with Crippen LogP contribution in [0, 0.1) is 13.8 Å². The van der Waals surface area contributed by atoms with Crippen molar-refractivity contribution in [3.05, 3.63) is 94.9 Å². The van der Waals surface area contributed by atoms with E-state index in [1.54, 1.807) is 13.2 Å². The van der Waals surface area contributed by atoms with Crippen LogP contribution in [0.25, 0.3) is 11.5 Å². The number of fused-ring (bicyclic) bond motifs is 1. The fraction of sp³-hybridized carbons (Fsp3) is 0.200. The number of hydrogen-bond donors (Lipinski definition) is 0. The molecular formula is C25H24N4O2. The average Bonchev–Trinajstić information content (AvgIpc) is 3.49. The van der Waals surface area contributed by atoms with Gasteiger partial charge in [-0.05, 0) is 55.8 Å². The Kier molecular flexibility index (Phi) is 4.62. The van der Waals surface area contributed by atoms with E-state index < -0.39 is 0 Å². The molecule has 3 heterocycles. The van der Waals surface area contributed by atoms with E-state index >= 15 is 0 Å². The van der Waals surface area contributed by atoms with Crippen LogP contribution in [0.2, 0.25) is 0 Å². The van der Waals surface area contributed by atoms with Crippen molar-refractivity contribution < 1.29 is 9.53 Å². The molecule has 1 amide bonds. The molecule has 4 aromatic rings. The Morgan fingerprint density at radius 1 is 1.00 bits per heavy atom. The van der Waals surface area contributed by atoms with E-state index in [0.29, 0.717) is 24.4 Å². The first kappa shape index (κ1) is 19.2. The fourth-order valence-electron chi connectivity index (χ4n) is 4.24. The summed E-state index contributed by atoms with van der Waals surface area (Å²) in [5, 5.41) is 4.94. The van der Waals surface area contributed by atoms with Gasteiger partial charge in [0.25, 0.3) is 5.91 Å². The predicted octanol–water partition coefficient (Wildman–Crippen LogP) is 4.44. The molecule has 0 unspecified atom stereocenters. The third kappa shape index (κ3) is 3.30. The Balaban J connectivity index is 1.54. The van der Waals surface area contributed by atoms with Gasteiger partial charge in [-0.2, -0.15) is 5.10 Å². The maximum Gasteiger partial charge on any atom is 0.254 e. The lowest BCUT2D eigenvalue weighted by molar-refractivity contribution is 0.0749. The van der Waals surface area contributed by atoms with E-state index in [0.717, 1.165) is 22.8 Å². The first-order valence-electron chi connectivity index (χ1n) is 10.3. The summed E-state index contributed by atoms with van der Waals surface area (Å²) < 4.78 is 9.36. The smallest absolute Gasteiger partial charge is 0.254 e. The summed E-state index contributed by atoms with van der Waals surface area (Å²) in [6.07, 6.45) is 4.04. The summed E-state index contributed by atoms with van der Waals surface area (Å²) in [5.74, 6) is 1.64. The van der Waals surface area contributed by atoms with E-state index in [9.17, 15) is 4.79 Å². The molecule has 1 aliphatic rings. The van der Waals surface area contributed by atoms with Gasteiger partial charge in [0.15, 0.2) is 0 Å². The molecule has 0 radical (unpaired) electrons. The normalized spacial score (nSPS) is 12.8. The maximum atomic E-state index is 13.2. The Labute approximate surface area is 181 Å². The Morgan fingerprint density at radius 2 is 1.81 bits per heavy atom. The summed E-state index contributed by atoms with van der Waals surface area (Å²) in [7, 11) is 1.61. The van der Waals surface area contributed by atoms with Gasteiger partial charge in [0.05, 0.1) is 31.6 Å². The van der Waals surface area contributed by atoms with Gasteiger partial charge in [-0.15, -0.1) is 0 Å². The Hall–Kier alpha value is -3.80. The van der Waals surface area contributed by atoms with Gasteiger partial charge in [-0.3, -0.25) is 4.79 Å². The number of carbonyl (C=O) groups is 1. The van der Waals surface area contributed by atoms with Crippen molar-refractivity contribution in [1.82, 2.24) is 19.2 Å². The fourth-order valence-corrected chi connectivity index (χ4v) is 4.24. The van der Waals surface area contributed by atoms with Crippen molar-refractivity contribution in [2.45, 2.75) is 26.9 Å². The van der Waals surface area contributed by atoms with E-state index in [1.807, 2.05) is 52.3 Å². The highest BCUT2D eigenvalue weighted by molar-refractivity contribution is 5.95. The first-order chi connectivity index (χ1) is 15.0. The van der Waals surface area contributed by atoms with Gasteiger partial charge in [0, 0.05) is 23.5 Å². The van der Waals surface area contributed by atoms with Crippen LogP contribution in [0.5, 0.6) is 5.75 Å². The van der Waals surface area contributed by atoms with Crippen molar-refractivity contribution >= 4 is 5.91 Å². The van der Waals surface area contributed by atoms with E-state index in [2.05, 4.69) is 36.6 Å². The molecule has 0 spiro atoms. The monoisotopic (exact) mass is 412 g/mol. The number of nitrogens with zero attached hydrogens (tertiary/aromatic N) is 4. The zero-order valence-corrected chi connectivity index (χ0v) is 17.9. The van der Waals surface area contributed by atoms with Gasteiger partial charge >= 0.3 is 0 Å². The van der Waals surface area contributed by atoms with Crippen LogP contribution in [-0.2, 0) is 13.1 Å². The molecule has 0 bridgehead atoms. The topological polar surface area (TPSA) is 52.3 Å². The molecule has 0 N–H and O–H groups in total. The molecule has 5 rings (SSSR count). The van der Waals surface area contributed by atoms with Crippen molar-refractivity contribution in [2.24, 2.45) is 0 Å². The number of methoxy groups -OCH3 is 1. The van der Waals surface area contributed by atoms with Crippen LogP contribution in [0.15, 0.2) is 67.0 Å². The molecule has 0 aliphatic carbocycles. The summed E-state index contributed by atoms with van der Waals surface area (Å²) in [4.78, 5) is 15.0. The van der Waals surface area contributed by atoms with Crippen LogP contribution < -0.4 is 4.74 Å². The van der Waals surface area contributed by atoms with Gasteiger partial charge in [-0.1, -0.05) is 23.8 Å². The SMILES string of the molecule is COc1cccc(C(=O)N2Cc3nn(-c4ccc(C)cc4C)c(-n4cccc4)c3C2)c1. The van der Waals surface area contributed by atoms with Gasteiger partial charge in [0.1, 0.15) is 11.6 Å². The number of rotatable bonds is 4. The Morgan fingerprint density at radius 3 is 2.55 bits per heavy atom. The van der Waals surface area contributed by atoms with E-state index in [1.165, 1.54) is 11.1 Å². The second kappa shape index (κ2) is 7.47.